The number of phenolic OH excluding ortho intramolecular Hbond substituents is 1. The van der Waals surface area contributed by atoms with Gasteiger partial charge in [0.1, 0.15) is 5.75 Å². The molecular formula is C24H40O3Si2. The van der Waals surface area contributed by atoms with Crippen LogP contribution in [0.3, 0.4) is 0 Å². The van der Waals surface area contributed by atoms with E-state index in [1.807, 2.05) is 12.1 Å². The molecule has 1 N–H and O–H groups in total. The lowest BCUT2D eigenvalue weighted by Crippen LogP contribution is -2.54. The van der Waals surface area contributed by atoms with Gasteiger partial charge in [0.2, 0.25) is 0 Å². The van der Waals surface area contributed by atoms with Gasteiger partial charge in [-0.3, -0.25) is 0 Å². The molecule has 0 aliphatic heterocycles. The first-order valence-electron chi connectivity index (χ1n) is 11.5. The van der Waals surface area contributed by atoms with E-state index in [4.69, 9.17) is 8.85 Å². The Labute approximate surface area is 179 Å². The molecule has 0 heterocycles. The lowest BCUT2D eigenvalue weighted by Gasteiger charge is -2.55. The lowest BCUT2D eigenvalue weighted by atomic mass is 9.54. The Hall–Kier alpha value is -0.626. The molecule has 162 valence electrons. The van der Waals surface area contributed by atoms with Gasteiger partial charge in [0.25, 0.3) is 0 Å². The third-order valence-electron chi connectivity index (χ3n) is 7.58. The second-order valence-electron chi connectivity index (χ2n) is 12.0. The second-order valence-corrected chi connectivity index (χ2v) is 20.9. The number of phenols is 1. The van der Waals surface area contributed by atoms with Gasteiger partial charge in [0, 0.05) is 5.92 Å². The predicted molar refractivity (Wildman–Crippen MR) is 125 cm³/mol. The van der Waals surface area contributed by atoms with Crippen molar-refractivity contribution in [1.29, 1.82) is 0 Å². The third kappa shape index (κ3) is 4.12. The summed E-state index contributed by atoms with van der Waals surface area (Å²) < 4.78 is 13.7. The summed E-state index contributed by atoms with van der Waals surface area (Å²) >= 11 is 0. The molecule has 2 saturated carbocycles. The Morgan fingerprint density at radius 2 is 1.66 bits per heavy atom. The van der Waals surface area contributed by atoms with Crippen molar-refractivity contribution in [3.8, 4) is 5.75 Å². The van der Waals surface area contributed by atoms with E-state index in [-0.39, 0.29) is 11.5 Å². The van der Waals surface area contributed by atoms with Crippen LogP contribution in [-0.2, 0) is 15.3 Å². The van der Waals surface area contributed by atoms with Crippen LogP contribution < -0.4 is 0 Å². The number of aryl methyl sites for hydroxylation is 1. The summed E-state index contributed by atoms with van der Waals surface area (Å²) in [5, 5.41) is 10.0. The highest BCUT2D eigenvalue weighted by Gasteiger charge is 2.59. The molecular weight excluding hydrogens is 392 g/mol. The van der Waals surface area contributed by atoms with Crippen molar-refractivity contribution >= 4 is 16.6 Å². The predicted octanol–water partition coefficient (Wildman–Crippen LogP) is 6.30. The number of hydrogen-bond acceptors (Lipinski definition) is 3. The van der Waals surface area contributed by atoms with Gasteiger partial charge < -0.3 is 14.0 Å². The highest BCUT2D eigenvalue weighted by atomic mass is 28.4. The molecule has 6 atom stereocenters. The molecule has 1 aromatic rings. The second kappa shape index (κ2) is 7.21. The van der Waals surface area contributed by atoms with E-state index in [0.29, 0.717) is 23.7 Å². The van der Waals surface area contributed by atoms with E-state index in [2.05, 4.69) is 52.3 Å². The van der Waals surface area contributed by atoms with Gasteiger partial charge in [-0.25, -0.2) is 0 Å². The molecule has 4 rings (SSSR count). The fraction of sp³-hybridized carbons (Fsp3) is 0.750. The molecule has 5 heteroatoms. The molecule has 6 unspecified atom stereocenters. The highest BCUT2D eigenvalue weighted by molar-refractivity contribution is 6.70. The number of hydrogen-bond donors (Lipinski definition) is 1. The maximum absolute atomic E-state index is 10.0. The highest BCUT2D eigenvalue weighted by Crippen LogP contribution is 2.62. The van der Waals surface area contributed by atoms with Crippen LogP contribution in [0.5, 0.6) is 5.75 Å². The van der Waals surface area contributed by atoms with Crippen molar-refractivity contribution in [2.24, 2.45) is 17.3 Å². The zero-order valence-corrected chi connectivity index (χ0v) is 21.4. The molecule has 0 bridgehead atoms. The van der Waals surface area contributed by atoms with Gasteiger partial charge in [0.15, 0.2) is 16.6 Å². The molecule has 0 spiro atoms. The molecule has 3 nitrogen and oxygen atoms in total. The zero-order chi connectivity index (χ0) is 21.2. The van der Waals surface area contributed by atoms with Gasteiger partial charge in [0.05, 0.1) is 12.2 Å². The Bertz CT molecular complexity index is 766. The van der Waals surface area contributed by atoms with E-state index in [0.717, 1.165) is 18.8 Å². The van der Waals surface area contributed by atoms with Crippen LogP contribution in [0.25, 0.3) is 0 Å². The number of aromatic hydroxyl groups is 1. The minimum Gasteiger partial charge on any atom is -0.508 e. The SMILES string of the molecule is CC12CC(O[Si](C)(C)C)C3c4ccc(O)cc4CCC3C1CCC2O[Si](C)(C)C. The van der Waals surface area contributed by atoms with Crippen LogP contribution in [-0.4, -0.2) is 33.9 Å². The molecule has 1 aromatic carbocycles. The number of benzene rings is 1. The van der Waals surface area contributed by atoms with Crippen LogP contribution in [0.2, 0.25) is 39.3 Å². The molecule has 29 heavy (non-hydrogen) atoms. The van der Waals surface area contributed by atoms with E-state index in [9.17, 15) is 5.11 Å². The Morgan fingerprint density at radius 3 is 2.31 bits per heavy atom. The van der Waals surface area contributed by atoms with Crippen LogP contribution in [0.15, 0.2) is 18.2 Å². The standard InChI is InChI=1S/C24H40O3Si2/c1-24-15-21(26-28(2,3)4)23-18-11-9-17(25)14-16(18)8-10-19(23)20(24)12-13-22(24)27-29(5,6)7/h9,11,14,19-23,25H,8,10,12-13,15H2,1-7H3. The van der Waals surface area contributed by atoms with E-state index in [1.165, 1.54) is 30.4 Å². The van der Waals surface area contributed by atoms with Crippen LogP contribution >= 0.6 is 0 Å². The van der Waals surface area contributed by atoms with Gasteiger partial charge in [-0.05, 0) is 112 Å². The largest absolute Gasteiger partial charge is 0.508 e. The molecule has 2 fully saturated rings. The first kappa shape index (κ1) is 21.6. The van der Waals surface area contributed by atoms with E-state index in [1.54, 1.807) is 0 Å². The molecule has 3 aliphatic carbocycles. The Balaban J connectivity index is 1.73. The van der Waals surface area contributed by atoms with Crippen LogP contribution in [0.1, 0.15) is 49.7 Å². The minimum absolute atomic E-state index is 0.222. The van der Waals surface area contributed by atoms with Gasteiger partial charge in [-0.15, -0.1) is 0 Å². The number of fused-ring (bicyclic) bond motifs is 5. The fourth-order valence-corrected chi connectivity index (χ4v) is 9.14. The van der Waals surface area contributed by atoms with Crippen molar-refractivity contribution in [3.63, 3.8) is 0 Å². The fourth-order valence-electron chi connectivity index (χ4n) is 6.76. The zero-order valence-electron chi connectivity index (χ0n) is 19.4. The Kier molecular flexibility index (Phi) is 5.37. The van der Waals surface area contributed by atoms with Gasteiger partial charge in [-0.2, -0.15) is 0 Å². The van der Waals surface area contributed by atoms with E-state index < -0.39 is 16.6 Å². The first-order valence-corrected chi connectivity index (χ1v) is 18.4. The van der Waals surface area contributed by atoms with Crippen molar-refractivity contribution in [2.75, 3.05) is 0 Å². The quantitative estimate of drug-likeness (QED) is 0.568. The topological polar surface area (TPSA) is 38.7 Å². The molecule has 0 saturated heterocycles. The monoisotopic (exact) mass is 432 g/mol. The van der Waals surface area contributed by atoms with Crippen molar-refractivity contribution in [1.82, 2.24) is 0 Å². The summed E-state index contributed by atoms with van der Waals surface area (Å²) in [5.41, 5.74) is 3.01. The summed E-state index contributed by atoms with van der Waals surface area (Å²) in [6.45, 7) is 16.5. The third-order valence-corrected chi connectivity index (χ3v) is 9.58. The average Bonchev–Trinajstić information content (AvgIpc) is 2.87. The molecule has 0 radical (unpaired) electrons. The molecule has 0 aromatic heterocycles. The van der Waals surface area contributed by atoms with Crippen molar-refractivity contribution in [3.05, 3.63) is 29.3 Å². The summed E-state index contributed by atoms with van der Waals surface area (Å²) in [7, 11) is -3.26. The molecule has 3 aliphatic rings. The van der Waals surface area contributed by atoms with Crippen LogP contribution in [0, 0.1) is 17.3 Å². The average molecular weight is 433 g/mol. The summed E-state index contributed by atoms with van der Waals surface area (Å²) in [4.78, 5) is 0. The maximum atomic E-state index is 10.0. The normalized spacial score (nSPS) is 37.0. The van der Waals surface area contributed by atoms with Crippen LogP contribution in [0.4, 0.5) is 0 Å². The number of rotatable bonds is 4. The minimum atomic E-state index is -1.68. The van der Waals surface area contributed by atoms with Crippen molar-refractivity contribution in [2.45, 2.75) is 96.4 Å². The first-order chi connectivity index (χ1) is 13.4. The Morgan fingerprint density at radius 1 is 0.966 bits per heavy atom. The van der Waals surface area contributed by atoms with E-state index >= 15 is 0 Å². The molecule has 0 amide bonds. The maximum Gasteiger partial charge on any atom is 0.184 e. The van der Waals surface area contributed by atoms with Crippen molar-refractivity contribution < 1.29 is 14.0 Å². The van der Waals surface area contributed by atoms with Gasteiger partial charge >= 0.3 is 0 Å². The summed E-state index contributed by atoms with van der Waals surface area (Å²) in [5.74, 6) is 2.25. The van der Waals surface area contributed by atoms with Gasteiger partial charge in [-0.1, -0.05) is 13.0 Å². The smallest absolute Gasteiger partial charge is 0.184 e. The summed E-state index contributed by atoms with van der Waals surface area (Å²) in [6, 6.07) is 6.07. The lowest BCUT2D eigenvalue weighted by molar-refractivity contribution is -0.0688. The summed E-state index contributed by atoms with van der Waals surface area (Å²) in [6.07, 6.45) is 6.55.